The molecule has 0 radical (unpaired) electrons. The molecule has 0 aliphatic carbocycles. The Labute approximate surface area is 263 Å². The molecule has 1 aromatic rings. The Morgan fingerprint density at radius 3 is 2.47 bits per heavy atom. The first-order valence-electron chi connectivity index (χ1n) is 15.1. The van der Waals surface area contributed by atoms with Crippen molar-refractivity contribution in [3.8, 4) is 0 Å². The van der Waals surface area contributed by atoms with Crippen molar-refractivity contribution in [1.82, 2.24) is 20.4 Å². The lowest BCUT2D eigenvalue weighted by molar-refractivity contribution is -0.153. The summed E-state index contributed by atoms with van der Waals surface area (Å²) in [6.07, 6.45) is 1.55. The molecule has 4 bridgehead atoms. The number of hydrogen-bond donors (Lipinski definition) is 2. The molecular weight excluding hydrogens is 584 g/mol. The van der Waals surface area contributed by atoms with Crippen LogP contribution < -0.4 is 10.6 Å². The molecule has 4 atom stereocenters. The van der Waals surface area contributed by atoms with Gasteiger partial charge in [0, 0.05) is 13.0 Å². The number of esters is 1. The lowest BCUT2D eigenvalue weighted by atomic mass is 9.85. The molecule has 4 rings (SSSR count). The molecule has 13 heteroatoms. The normalized spacial score (nSPS) is 24.6. The van der Waals surface area contributed by atoms with Gasteiger partial charge in [0.05, 0.1) is 33.4 Å². The van der Waals surface area contributed by atoms with Gasteiger partial charge in [-0.25, -0.2) is 14.4 Å². The largest absolute Gasteiger partial charge is 0.467 e. The van der Waals surface area contributed by atoms with E-state index in [0.29, 0.717) is 13.1 Å². The summed E-state index contributed by atoms with van der Waals surface area (Å²) in [7, 11) is 1.22. The van der Waals surface area contributed by atoms with Gasteiger partial charge in [0.1, 0.15) is 29.8 Å². The molecule has 1 fully saturated rings. The average Bonchev–Trinajstić information content (AvgIpc) is 3.57. The fraction of sp³-hybridized carbons (Fsp3) is 0.594. The molecule has 4 unspecified atom stereocenters. The number of carbonyl (C=O) groups excluding carboxylic acids is 5. The molecule has 1 saturated heterocycles. The van der Waals surface area contributed by atoms with Crippen molar-refractivity contribution in [1.29, 1.82) is 0 Å². The van der Waals surface area contributed by atoms with Gasteiger partial charge in [-0.2, -0.15) is 0 Å². The van der Waals surface area contributed by atoms with E-state index in [2.05, 4.69) is 10.6 Å². The summed E-state index contributed by atoms with van der Waals surface area (Å²) < 4.78 is 22.0. The SMILES string of the molecule is COC(=O)C1CC2CN1C(=O)C(C(C)(C)C)NC(=O)C(NC(=O)OC(C)(C)C)COCC=Cc1cccc3c1CN(C3)C(=O)O2. The van der Waals surface area contributed by atoms with E-state index in [0.717, 1.165) is 16.7 Å². The van der Waals surface area contributed by atoms with Gasteiger partial charge in [-0.3, -0.25) is 14.5 Å². The summed E-state index contributed by atoms with van der Waals surface area (Å²) in [6, 6.07) is 2.43. The van der Waals surface area contributed by atoms with Gasteiger partial charge in [0.2, 0.25) is 11.8 Å². The van der Waals surface area contributed by atoms with E-state index in [1.807, 2.05) is 24.3 Å². The summed E-state index contributed by atoms with van der Waals surface area (Å²) in [4.78, 5) is 69.4. The number of benzene rings is 1. The molecule has 3 aliphatic rings. The lowest BCUT2D eigenvalue weighted by Gasteiger charge is -2.35. The molecule has 4 amide bonds. The third-order valence-electron chi connectivity index (χ3n) is 7.77. The van der Waals surface area contributed by atoms with Crippen LogP contribution in [0.4, 0.5) is 9.59 Å². The topological polar surface area (TPSA) is 153 Å². The molecule has 13 nitrogen and oxygen atoms in total. The van der Waals surface area contributed by atoms with Crippen LogP contribution in [-0.4, -0.2) is 96.5 Å². The number of rotatable bonds is 2. The number of hydrogen-bond acceptors (Lipinski definition) is 9. The summed E-state index contributed by atoms with van der Waals surface area (Å²) in [5.74, 6) is -1.89. The predicted octanol–water partition coefficient (Wildman–Crippen LogP) is 2.75. The molecule has 0 spiro atoms. The number of ether oxygens (including phenoxy) is 4. The number of amides is 4. The number of fused-ring (bicyclic) bond motifs is 3. The first-order chi connectivity index (χ1) is 21.1. The quantitative estimate of drug-likeness (QED) is 0.372. The van der Waals surface area contributed by atoms with Gasteiger partial charge < -0.3 is 34.5 Å². The van der Waals surface area contributed by atoms with Crippen LogP contribution in [0.2, 0.25) is 0 Å². The number of nitrogens with one attached hydrogen (secondary N) is 2. The first kappa shape index (κ1) is 33.8. The molecule has 3 aliphatic heterocycles. The highest BCUT2D eigenvalue weighted by Crippen LogP contribution is 2.31. The number of methoxy groups -OCH3 is 1. The van der Waals surface area contributed by atoms with Gasteiger partial charge in [0.25, 0.3) is 0 Å². The van der Waals surface area contributed by atoms with Crippen LogP contribution in [-0.2, 0) is 46.4 Å². The van der Waals surface area contributed by atoms with Crippen LogP contribution in [0, 0.1) is 5.41 Å². The van der Waals surface area contributed by atoms with Gasteiger partial charge in [-0.15, -0.1) is 0 Å². The molecule has 45 heavy (non-hydrogen) atoms. The molecule has 2 N–H and O–H groups in total. The smallest absolute Gasteiger partial charge is 0.410 e. The minimum absolute atomic E-state index is 0.0421. The van der Waals surface area contributed by atoms with Crippen molar-refractivity contribution in [2.45, 2.75) is 90.9 Å². The van der Waals surface area contributed by atoms with Crippen molar-refractivity contribution < 1.29 is 42.9 Å². The zero-order valence-corrected chi connectivity index (χ0v) is 27.0. The van der Waals surface area contributed by atoms with Gasteiger partial charge in [0.15, 0.2) is 0 Å². The van der Waals surface area contributed by atoms with E-state index >= 15 is 0 Å². The minimum Gasteiger partial charge on any atom is -0.467 e. The van der Waals surface area contributed by atoms with Crippen LogP contribution in [0.3, 0.4) is 0 Å². The maximum atomic E-state index is 14.1. The van der Waals surface area contributed by atoms with Gasteiger partial charge in [-0.1, -0.05) is 51.1 Å². The van der Waals surface area contributed by atoms with Crippen LogP contribution in [0.25, 0.3) is 6.08 Å². The second kappa shape index (κ2) is 13.5. The molecule has 246 valence electrons. The van der Waals surface area contributed by atoms with E-state index in [9.17, 15) is 24.0 Å². The highest BCUT2D eigenvalue weighted by atomic mass is 16.6. The van der Waals surface area contributed by atoms with Crippen molar-refractivity contribution in [3.63, 3.8) is 0 Å². The monoisotopic (exact) mass is 628 g/mol. The standard InChI is InChI=1S/C32H44N4O9/c1-31(2,3)25-27(38)36-16-21(14-24(36)28(39)42-7)44-30(41)35-15-20-11-8-10-19(22(20)17-35)12-9-13-43-18-23(26(37)34-25)33-29(40)45-32(4,5)6/h8-12,21,23-25H,13-18H2,1-7H3,(H,33,40)(H,34,37). The zero-order chi connectivity index (χ0) is 33.1. The Morgan fingerprint density at radius 1 is 1.07 bits per heavy atom. The Bertz CT molecular complexity index is 1350. The fourth-order valence-corrected chi connectivity index (χ4v) is 5.56. The van der Waals surface area contributed by atoms with E-state index in [-0.39, 0.29) is 26.2 Å². The molecule has 3 heterocycles. The van der Waals surface area contributed by atoms with E-state index in [1.165, 1.54) is 12.0 Å². The van der Waals surface area contributed by atoms with Gasteiger partial charge in [-0.05, 0) is 42.9 Å². The summed E-state index contributed by atoms with van der Waals surface area (Å²) in [5, 5.41) is 5.33. The third kappa shape index (κ3) is 8.33. The van der Waals surface area contributed by atoms with Crippen LogP contribution in [0.1, 0.15) is 64.7 Å². The fourth-order valence-electron chi connectivity index (χ4n) is 5.56. The van der Waals surface area contributed by atoms with Crippen LogP contribution in [0.5, 0.6) is 0 Å². The summed E-state index contributed by atoms with van der Waals surface area (Å²) in [5.41, 5.74) is 1.22. The van der Waals surface area contributed by atoms with Crippen molar-refractivity contribution in [2.24, 2.45) is 5.41 Å². The molecule has 0 aromatic heterocycles. The second-order valence-electron chi connectivity index (χ2n) is 13.6. The summed E-state index contributed by atoms with van der Waals surface area (Å²) >= 11 is 0. The average molecular weight is 629 g/mol. The van der Waals surface area contributed by atoms with Crippen LogP contribution >= 0.6 is 0 Å². The van der Waals surface area contributed by atoms with Crippen molar-refractivity contribution in [2.75, 3.05) is 26.9 Å². The predicted molar refractivity (Wildman–Crippen MR) is 162 cm³/mol. The lowest BCUT2D eigenvalue weighted by Crippen LogP contribution is -2.60. The molecule has 1 aromatic carbocycles. The Hall–Kier alpha value is -4.13. The van der Waals surface area contributed by atoms with E-state index in [1.54, 1.807) is 52.5 Å². The minimum atomic E-state index is -1.20. The Morgan fingerprint density at radius 2 is 1.80 bits per heavy atom. The molecular formula is C32H44N4O9. The molecule has 0 saturated carbocycles. The number of carbonyl (C=O) groups is 5. The van der Waals surface area contributed by atoms with E-state index in [4.69, 9.17) is 18.9 Å². The summed E-state index contributed by atoms with van der Waals surface area (Å²) in [6.45, 7) is 10.9. The van der Waals surface area contributed by atoms with Crippen molar-refractivity contribution >= 4 is 36.0 Å². The van der Waals surface area contributed by atoms with Crippen LogP contribution in [0.15, 0.2) is 24.3 Å². The Kier molecular flexibility index (Phi) is 10.1. The number of alkyl carbamates (subject to hydrolysis) is 1. The van der Waals surface area contributed by atoms with Crippen molar-refractivity contribution in [3.05, 3.63) is 41.0 Å². The second-order valence-corrected chi connectivity index (χ2v) is 13.6. The van der Waals surface area contributed by atoms with Gasteiger partial charge >= 0.3 is 18.2 Å². The maximum Gasteiger partial charge on any atom is 0.410 e. The van der Waals surface area contributed by atoms with E-state index < -0.39 is 65.2 Å². The first-order valence-corrected chi connectivity index (χ1v) is 15.1. The highest BCUT2D eigenvalue weighted by Gasteiger charge is 2.47. The maximum absolute atomic E-state index is 14.1. The number of nitrogens with zero attached hydrogens (tertiary/aromatic N) is 2. The highest BCUT2D eigenvalue weighted by molar-refractivity contribution is 5.94. The third-order valence-corrected chi connectivity index (χ3v) is 7.77. The Balaban J connectivity index is 1.68. The zero-order valence-electron chi connectivity index (χ0n) is 27.0.